The Hall–Kier alpha value is -2.88. The Morgan fingerprint density at radius 3 is 2.15 bits per heavy atom. The molecule has 0 fully saturated rings. The van der Waals surface area contributed by atoms with Gasteiger partial charge in [-0.15, -0.1) is 0 Å². The Morgan fingerprint density at radius 1 is 0.900 bits per heavy atom. The van der Waals surface area contributed by atoms with Gasteiger partial charge in [-0.1, -0.05) is 54.6 Å². The number of carboxylic acids is 1. The minimum absolute atomic E-state index is 0.298. The molecule has 1 heterocycles. The van der Waals surface area contributed by atoms with Gasteiger partial charge in [0, 0.05) is 16.3 Å². The van der Waals surface area contributed by atoms with Crippen LogP contribution in [0.25, 0.3) is 22.0 Å². The Morgan fingerprint density at radius 2 is 1.50 bits per heavy atom. The number of hydrogen-bond acceptors (Lipinski definition) is 3. The van der Waals surface area contributed by atoms with Crippen molar-refractivity contribution in [2.75, 3.05) is 0 Å². The fourth-order valence-electron chi connectivity index (χ4n) is 2.21. The summed E-state index contributed by atoms with van der Waals surface area (Å²) in [5.41, 5.74) is 1.03. The minimum Gasteiger partial charge on any atom is -0.505 e. The van der Waals surface area contributed by atoms with E-state index in [9.17, 15) is 15.0 Å². The number of fused-ring (bicyclic) bond motifs is 1. The molecule has 0 saturated carbocycles. The Bertz CT molecular complexity index is 797. The van der Waals surface area contributed by atoms with Crippen LogP contribution in [0.15, 0.2) is 54.6 Å². The van der Waals surface area contributed by atoms with E-state index in [2.05, 4.69) is 4.98 Å². The van der Waals surface area contributed by atoms with Crippen LogP contribution in [-0.2, 0) is 0 Å². The molecular formula is C16H11NO3. The van der Waals surface area contributed by atoms with Gasteiger partial charge in [-0.05, 0) is 0 Å². The van der Waals surface area contributed by atoms with E-state index < -0.39 is 5.97 Å². The van der Waals surface area contributed by atoms with Crippen LogP contribution in [0.1, 0.15) is 10.5 Å². The molecule has 0 aliphatic carbocycles. The third-order valence-corrected chi connectivity index (χ3v) is 3.14. The normalized spacial score (nSPS) is 10.6. The molecule has 20 heavy (non-hydrogen) atoms. The van der Waals surface area contributed by atoms with Gasteiger partial charge in [-0.25, -0.2) is 9.78 Å². The van der Waals surface area contributed by atoms with Crippen molar-refractivity contribution >= 4 is 16.7 Å². The van der Waals surface area contributed by atoms with Gasteiger partial charge < -0.3 is 10.2 Å². The highest BCUT2D eigenvalue weighted by Gasteiger charge is 2.18. The van der Waals surface area contributed by atoms with Crippen LogP contribution in [0.4, 0.5) is 0 Å². The SMILES string of the molecule is O=C(O)c1nc(-c2ccccc2)c2ccccc2c1O. The fourth-order valence-corrected chi connectivity index (χ4v) is 2.21. The van der Waals surface area contributed by atoms with Crippen LogP contribution in [0.2, 0.25) is 0 Å². The lowest BCUT2D eigenvalue weighted by molar-refractivity contribution is 0.0687. The lowest BCUT2D eigenvalue weighted by atomic mass is 10.0. The molecule has 4 nitrogen and oxygen atoms in total. The van der Waals surface area contributed by atoms with E-state index in [-0.39, 0.29) is 11.4 Å². The fraction of sp³-hybridized carbons (Fsp3) is 0. The highest BCUT2D eigenvalue weighted by molar-refractivity contribution is 6.04. The lowest BCUT2D eigenvalue weighted by Crippen LogP contribution is -2.03. The molecule has 0 unspecified atom stereocenters. The van der Waals surface area contributed by atoms with Crippen molar-refractivity contribution in [3.8, 4) is 17.0 Å². The number of nitrogens with zero attached hydrogens (tertiary/aromatic N) is 1. The van der Waals surface area contributed by atoms with E-state index in [0.717, 1.165) is 10.9 Å². The van der Waals surface area contributed by atoms with E-state index >= 15 is 0 Å². The quantitative estimate of drug-likeness (QED) is 0.745. The topological polar surface area (TPSA) is 70.4 Å². The zero-order valence-corrected chi connectivity index (χ0v) is 10.4. The summed E-state index contributed by atoms with van der Waals surface area (Å²) in [6.07, 6.45) is 0. The third-order valence-electron chi connectivity index (χ3n) is 3.14. The zero-order valence-electron chi connectivity index (χ0n) is 10.4. The molecule has 0 aliphatic rings. The van der Waals surface area contributed by atoms with Crippen LogP contribution in [0.5, 0.6) is 5.75 Å². The molecule has 1 aromatic heterocycles. The highest BCUT2D eigenvalue weighted by atomic mass is 16.4. The summed E-state index contributed by atoms with van der Waals surface area (Å²) >= 11 is 0. The van der Waals surface area contributed by atoms with Gasteiger partial charge in [0.2, 0.25) is 0 Å². The maximum Gasteiger partial charge on any atom is 0.358 e. The summed E-state index contributed by atoms with van der Waals surface area (Å²) in [5, 5.41) is 20.4. The monoisotopic (exact) mass is 265 g/mol. The molecule has 4 heteroatoms. The van der Waals surface area contributed by atoms with E-state index in [0.29, 0.717) is 11.1 Å². The first kappa shape index (κ1) is 12.2. The van der Waals surface area contributed by atoms with Crippen LogP contribution in [0, 0.1) is 0 Å². The number of aromatic nitrogens is 1. The Kier molecular flexibility index (Phi) is 2.84. The Labute approximate surface area is 115 Å². The molecule has 2 N–H and O–H groups in total. The van der Waals surface area contributed by atoms with Crippen LogP contribution in [0.3, 0.4) is 0 Å². The molecule has 3 aromatic rings. The smallest absolute Gasteiger partial charge is 0.358 e. The van der Waals surface area contributed by atoms with Crippen LogP contribution < -0.4 is 0 Å². The number of hydrogen-bond donors (Lipinski definition) is 2. The average molecular weight is 265 g/mol. The summed E-state index contributed by atoms with van der Waals surface area (Å²) in [4.78, 5) is 15.3. The maximum atomic E-state index is 11.2. The second-order valence-electron chi connectivity index (χ2n) is 4.37. The number of carboxylic acid groups (broad SMARTS) is 1. The highest BCUT2D eigenvalue weighted by Crippen LogP contribution is 2.34. The predicted molar refractivity (Wildman–Crippen MR) is 75.8 cm³/mol. The molecule has 0 amide bonds. The number of rotatable bonds is 2. The van der Waals surface area contributed by atoms with Crippen LogP contribution >= 0.6 is 0 Å². The van der Waals surface area contributed by atoms with Crippen molar-refractivity contribution in [1.82, 2.24) is 4.98 Å². The second kappa shape index (κ2) is 4.66. The summed E-state index contributed by atoms with van der Waals surface area (Å²) < 4.78 is 0. The van der Waals surface area contributed by atoms with Gasteiger partial charge in [-0.3, -0.25) is 0 Å². The first-order valence-electron chi connectivity index (χ1n) is 6.09. The lowest BCUT2D eigenvalue weighted by Gasteiger charge is -2.10. The molecule has 3 rings (SSSR count). The molecule has 98 valence electrons. The Balaban J connectivity index is 2.42. The van der Waals surface area contributed by atoms with Gasteiger partial charge in [0.15, 0.2) is 11.4 Å². The number of pyridine rings is 1. The number of benzene rings is 2. The zero-order chi connectivity index (χ0) is 14.1. The summed E-state index contributed by atoms with van der Waals surface area (Å²) in [6.45, 7) is 0. The third kappa shape index (κ3) is 1.87. The van der Waals surface area contributed by atoms with Gasteiger partial charge >= 0.3 is 5.97 Å². The number of aromatic carboxylic acids is 1. The van der Waals surface area contributed by atoms with Crippen molar-refractivity contribution in [2.45, 2.75) is 0 Å². The predicted octanol–water partition coefficient (Wildman–Crippen LogP) is 3.31. The molecule has 0 bridgehead atoms. The number of carbonyl (C=O) groups is 1. The van der Waals surface area contributed by atoms with Gasteiger partial charge in [0.1, 0.15) is 0 Å². The molecule has 0 spiro atoms. The van der Waals surface area contributed by atoms with Crippen molar-refractivity contribution < 1.29 is 15.0 Å². The minimum atomic E-state index is -1.24. The van der Waals surface area contributed by atoms with E-state index in [1.807, 2.05) is 42.5 Å². The van der Waals surface area contributed by atoms with Crippen molar-refractivity contribution in [2.24, 2.45) is 0 Å². The van der Waals surface area contributed by atoms with Gasteiger partial charge in [-0.2, -0.15) is 0 Å². The van der Waals surface area contributed by atoms with Gasteiger partial charge in [0.05, 0.1) is 5.69 Å². The number of aromatic hydroxyl groups is 1. The molecule has 2 aromatic carbocycles. The molecule has 0 aliphatic heterocycles. The molecule has 0 saturated heterocycles. The van der Waals surface area contributed by atoms with E-state index in [4.69, 9.17) is 0 Å². The van der Waals surface area contributed by atoms with Crippen molar-refractivity contribution in [3.63, 3.8) is 0 Å². The maximum absolute atomic E-state index is 11.2. The van der Waals surface area contributed by atoms with E-state index in [1.54, 1.807) is 12.1 Å². The van der Waals surface area contributed by atoms with Crippen molar-refractivity contribution in [3.05, 3.63) is 60.3 Å². The van der Waals surface area contributed by atoms with Crippen LogP contribution in [-0.4, -0.2) is 21.2 Å². The molecule has 0 radical (unpaired) electrons. The summed E-state index contributed by atoms with van der Waals surface area (Å²) in [5.74, 6) is -1.54. The van der Waals surface area contributed by atoms with Crippen molar-refractivity contribution in [1.29, 1.82) is 0 Å². The standard InChI is InChI=1S/C16H11NO3/c18-15-12-9-5-4-8-11(12)13(17-14(15)16(19)20)10-6-2-1-3-7-10/h1-9,18H,(H,19,20). The van der Waals surface area contributed by atoms with Gasteiger partial charge in [0.25, 0.3) is 0 Å². The molecular weight excluding hydrogens is 254 g/mol. The summed E-state index contributed by atoms with van der Waals surface area (Å²) in [7, 11) is 0. The average Bonchev–Trinajstić information content (AvgIpc) is 2.48. The first-order valence-corrected chi connectivity index (χ1v) is 6.09. The second-order valence-corrected chi connectivity index (χ2v) is 4.37. The molecule has 0 atom stereocenters. The largest absolute Gasteiger partial charge is 0.505 e. The first-order chi connectivity index (χ1) is 9.68. The van der Waals surface area contributed by atoms with E-state index in [1.165, 1.54) is 0 Å². The summed E-state index contributed by atoms with van der Waals surface area (Å²) in [6, 6.07) is 16.4.